The van der Waals surface area contributed by atoms with Crippen molar-refractivity contribution < 1.29 is 19.8 Å². The van der Waals surface area contributed by atoms with Crippen LogP contribution in [0.3, 0.4) is 0 Å². The van der Waals surface area contributed by atoms with Gasteiger partial charge in [0.2, 0.25) is 0 Å². The van der Waals surface area contributed by atoms with Crippen molar-refractivity contribution in [1.82, 2.24) is 9.80 Å². The maximum absolute atomic E-state index is 10.1. The van der Waals surface area contributed by atoms with E-state index in [4.69, 9.17) is 10.2 Å². The van der Waals surface area contributed by atoms with Gasteiger partial charge >= 0.3 is 11.9 Å². The van der Waals surface area contributed by atoms with Crippen LogP contribution in [0.4, 0.5) is 0 Å². The number of aliphatic carboxylic acids is 2. The van der Waals surface area contributed by atoms with Gasteiger partial charge in [0.15, 0.2) is 0 Å². The molecule has 0 unspecified atom stereocenters. The molecule has 2 saturated heterocycles. The summed E-state index contributed by atoms with van der Waals surface area (Å²) in [5, 5.41) is 16.7. The summed E-state index contributed by atoms with van der Waals surface area (Å²) in [6, 6.07) is 21.7. The van der Waals surface area contributed by atoms with E-state index in [-0.39, 0.29) is 35.0 Å². The smallest absolute Gasteiger partial charge is 0.303 e. The fourth-order valence-electron chi connectivity index (χ4n) is 9.28. The molecule has 6 heteroatoms. The second-order valence-electron chi connectivity index (χ2n) is 17.8. The molecule has 2 aromatic carbocycles. The van der Waals surface area contributed by atoms with Gasteiger partial charge < -0.3 is 10.2 Å². The van der Waals surface area contributed by atoms with Crippen molar-refractivity contribution in [2.75, 3.05) is 0 Å². The molecule has 0 aromatic heterocycles. The highest BCUT2D eigenvalue weighted by molar-refractivity contribution is 5.66. The Morgan fingerprint density at radius 3 is 1.04 bits per heavy atom. The number of likely N-dealkylation sites (tertiary alicyclic amines) is 2. The lowest BCUT2D eigenvalue weighted by Gasteiger charge is -2.55. The number of carbonyl (C=O) groups is 2. The number of benzene rings is 2. The minimum atomic E-state index is -0.740. The minimum absolute atomic E-state index is 0.245. The zero-order valence-corrected chi connectivity index (χ0v) is 33.4. The van der Waals surface area contributed by atoms with Crippen molar-refractivity contribution in [2.24, 2.45) is 11.8 Å². The molecule has 2 fully saturated rings. The van der Waals surface area contributed by atoms with Crippen molar-refractivity contribution in [3.8, 4) is 0 Å². The van der Waals surface area contributed by atoms with E-state index in [1.165, 1.54) is 36.8 Å². The zero-order chi connectivity index (χ0) is 37.6. The Bertz CT molecular complexity index is 1140. The van der Waals surface area contributed by atoms with Crippen LogP contribution in [0.15, 0.2) is 60.7 Å². The van der Waals surface area contributed by atoms with Gasteiger partial charge in [0.05, 0.1) is 0 Å². The molecule has 6 nitrogen and oxygen atoms in total. The van der Waals surface area contributed by atoms with Crippen molar-refractivity contribution >= 4 is 11.9 Å². The maximum atomic E-state index is 10.1. The Morgan fingerprint density at radius 1 is 0.520 bits per heavy atom. The summed E-state index contributed by atoms with van der Waals surface area (Å²) in [4.78, 5) is 25.7. The molecule has 0 bridgehead atoms. The van der Waals surface area contributed by atoms with Crippen molar-refractivity contribution in [3.05, 3.63) is 71.8 Å². The normalized spacial score (nSPS) is 20.1. The first-order valence-corrected chi connectivity index (χ1v) is 19.3. The second-order valence-corrected chi connectivity index (χ2v) is 17.8. The van der Waals surface area contributed by atoms with E-state index < -0.39 is 11.9 Å². The van der Waals surface area contributed by atoms with Crippen LogP contribution in [0.2, 0.25) is 0 Å². The predicted molar refractivity (Wildman–Crippen MR) is 209 cm³/mol. The fraction of sp³-hybridized carbons (Fsp3) is 0.682. The predicted octanol–water partition coefficient (Wildman–Crippen LogP) is 11.2. The average Bonchev–Trinajstić information content (AvgIpc) is 2.99. The Morgan fingerprint density at radius 2 is 0.780 bits per heavy atom. The van der Waals surface area contributed by atoms with Crippen LogP contribution in [-0.4, -0.2) is 54.1 Å². The summed E-state index contributed by atoms with van der Waals surface area (Å²) in [6.45, 7) is 26.1. The molecular weight excluding hydrogens is 620 g/mol. The summed E-state index contributed by atoms with van der Waals surface area (Å²) < 4.78 is 0. The van der Waals surface area contributed by atoms with Crippen LogP contribution in [0.25, 0.3) is 0 Å². The van der Waals surface area contributed by atoms with Crippen molar-refractivity contribution in [1.29, 1.82) is 0 Å². The van der Waals surface area contributed by atoms with Gasteiger partial charge in [-0.05, 0) is 117 Å². The average molecular weight is 693 g/mol. The minimum Gasteiger partial charge on any atom is -0.481 e. The van der Waals surface area contributed by atoms with Gasteiger partial charge in [0.1, 0.15) is 0 Å². The van der Waals surface area contributed by atoms with Gasteiger partial charge in [-0.15, -0.1) is 0 Å². The summed E-state index contributed by atoms with van der Waals surface area (Å²) in [7, 11) is 0. The lowest BCUT2D eigenvalue weighted by molar-refractivity contribution is -0.138. The molecule has 50 heavy (non-hydrogen) atoms. The van der Waals surface area contributed by atoms with Gasteiger partial charge in [-0.3, -0.25) is 19.4 Å². The van der Waals surface area contributed by atoms with E-state index in [9.17, 15) is 9.59 Å². The van der Waals surface area contributed by atoms with Gasteiger partial charge in [0, 0.05) is 48.1 Å². The van der Waals surface area contributed by atoms with Crippen LogP contribution in [0.1, 0.15) is 157 Å². The number of rotatable bonds is 13. The molecule has 0 amide bonds. The third kappa shape index (κ3) is 15.3. The van der Waals surface area contributed by atoms with E-state index in [2.05, 4.69) is 140 Å². The molecular formula is C44H72N2O4. The van der Waals surface area contributed by atoms with Crippen LogP contribution in [0.5, 0.6) is 0 Å². The zero-order valence-electron chi connectivity index (χ0n) is 33.4. The molecule has 2 aromatic rings. The number of piperidine rings is 2. The molecule has 282 valence electrons. The Hall–Kier alpha value is -2.70. The number of hydrogen-bond acceptors (Lipinski definition) is 4. The molecule has 4 rings (SSSR count). The highest BCUT2D eigenvalue weighted by Crippen LogP contribution is 2.43. The van der Waals surface area contributed by atoms with Gasteiger partial charge in [-0.1, -0.05) is 100 Å². The molecule has 0 radical (unpaired) electrons. The van der Waals surface area contributed by atoms with Crippen LogP contribution >= 0.6 is 0 Å². The maximum Gasteiger partial charge on any atom is 0.303 e. The van der Waals surface area contributed by atoms with E-state index in [1.807, 2.05) is 0 Å². The Kier molecular flexibility index (Phi) is 17.2. The third-order valence-corrected chi connectivity index (χ3v) is 10.7. The summed E-state index contributed by atoms with van der Waals surface area (Å²) in [5.74, 6) is 0.163. The quantitative estimate of drug-likeness (QED) is 0.203. The number of carboxylic acid groups (broad SMARTS) is 2. The highest BCUT2D eigenvalue weighted by atomic mass is 16.4. The first kappa shape index (κ1) is 43.5. The summed E-state index contributed by atoms with van der Waals surface area (Å²) in [6.07, 6.45) is 11.0. The summed E-state index contributed by atoms with van der Waals surface area (Å²) in [5.41, 5.74) is 4.00. The Labute approximate surface area is 306 Å². The van der Waals surface area contributed by atoms with Gasteiger partial charge in [-0.25, -0.2) is 0 Å². The molecule has 2 N–H and O–H groups in total. The fourth-order valence-corrected chi connectivity index (χ4v) is 9.28. The first-order chi connectivity index (χ1) is 23.2. The van der Waals surface area contributed by atoms with Crippen LogP contribution in [0, 0.1) is 11.8 Å². The van der Waals surface area contributed by atoms with Gasteiger partial charge in [0.25, 0.3) is 0 Å². The standard InChI is InChI=1S/2C17H27N.C10H18O4/c2*1-14-11-16(2,3)18(17(4,5)12-14)13-15-9-7-6-8-10-15;11-9(12)7-5-3-1-2-4-6-8-10(13)14/h2*6-10,14H,11-13H2,1-5H3;1-8H2,(H,11,12)(H,13,14). The van der Waals surface area contributed by atoms with E-state index in [0.29, 0.717) is 0 Å². The highest BCUT2D eigenvalue weighted by Gasteiger charge is 2.44. The van der Waals surface area contributed by atoms with Crippen molar-refractivity contribution in [3.63, 3.8) is 0 Å². The van der Waals surface area contributed by atoms with Crippen LogP contribution in [-0.2, 0) is 22.7 Å². The molecule has 0 spiro atoms. The largest absolute Gasteiger partial charge is 0.481 e. The Balaban J connectivity index is 0.000000263. The molecule has 2 heterocycles. The molecule has 2 aliphatic rings. The first-order valence-electron chi connectivity index (χ1n) is 19.3. The monoisotopic (exact) mass is 693 g/mol. The second kappa shape index (κ2) is 19.8. The summed E-state index contributed by atoms with van der Waals surface area (Å²) >= 11 is 0. The molecule has 2 aliphatic heterocycles. The van der Waals surface area contributed by atoms with Crippen molar-refractivity contribution in [2.45, 2.75) is 182 Å². The SMILES string of the molecule is CC1CC(C)(C)N(Cc2ccccc2)C(C)(C)C1.CC1CC(C)(C)N(Cc2ccccc2)C(C)(C)C1.O=C(O)CCCCCCCCC(=O)O. The number of nitrogens with zero attached hydrogens (tertiary/aromatic N) is 2. The number of unbranched alkanes of at least 4 members (excludes halogenated alkanes) is 5. The molecule has 0 saturated carbocycles. The lowest BCUT2D eigenvalue weighted by atomic mass is 9.74. The third-order valence-electron chi connectivity index (χ3n) is 10.7. The number of hydrogen-bond donors (Lipinski definition) is 2. The number of carboxylic acids is 2. The molecule has 0 aliphatic carbocycles. The lowest BCUT2D eigenvalue weighted by Crippen LogP contribution is -2.59. The van der Waals surface area contributed by atoms with E-state index >= 15 is 0 Å². The molecule has 0 atom stereocenters. The van der Waals surface area contributed by atoms with E-state index in [0.717, 1.165) is 63.5 Å². The van der Waals surface area contributed by atoms with E-state index in [1.54, 1.807) is 0 Å². The topological polar surface area (TPSA) is 81.1 Å². The van der Waals surface area contributed by atoms with Gasteiger partial charge in [-0.2, -0.15) is 0 Å². The van der Waals surface area contributed by atoms with Crippen LogP contribution < -0.4 is 0 Å².